The molecule has 2 aromatic rings. The van der Waals surface area contributed by atoms with Gasteiger partial charge in [-0.2, -0.15) is 0 Å². The van der Waals surface area contributed by atoms with Crippen LogP contribution in [0.5, 0.6) is 11.5 Å². The Balaban J connectivity index is 1.47. The standard InChI is InChI=1S/C20H23FN2O5S/c1-29(25,26)23(17-8-3-2-7-16(17)21)12-6-11-20(24)22-13-15-14-27-18-9-4-5-10-19(18)28-15/h2-5,7-10,15H,6,11-14H2,1H3,(H,22,24)/t15-/m0/s1. The van der Waals surface area contributed by atoms with Crippen molar-refractivity contribution in [1.29, 1.82) is 0 Å². The van der Waals surface area contributed by atoms with Crippen LogP contribution in [0.2, 0.25) is 0 Å². The quantitative estimate of drug-likeness (QED) is 0.706. The van der Waals surface area contributed by atoms with Crippen molar-refractivity contribution in [3.05, 3.63) is 54.3 Å². The highest BCUT2D eigenvalue weighted by atomic mass is 32.2. The molecule has 1 aliphatic heterocycles. The van der Waals surface area contributed by atoms with Crippen LogP contribution in [0, 0.1) is 5.82 Å². The third-order valence-electron chi connectivity index (χ3n) is 4.38. The number of nitrogens with zero attached hydrogens (tertiary/aromatic N) is 1. The number of carbonyl (C=O) groups excluding carboxylic acids is 1. The van der Waals surface area contributed by atoms with Crippen LogP contribution in [-0.4, -0.2) is 46.4 Å². The second kappa shape index (κ2) is 9.13. The highest BCUT2D eigenvalue weighted by Gasteiger charge is 2.22. The fraction of sp³-hybridized carbons (Fsp3) is 0.350. The van der Waals surface area contributed by atoms with Gasteiger partial charge >= 0.3 is 0 Å². The molecule has 1 amide bonds. The SMILES string of the molecule is CS(=O)(=O)N(CCCC(=O)NC[C@H]1COc2ccccc2O1)c1ccccc1F. The van der Waals surface area contributed by atoms with E-state index in [4.69, 9.17) is 9.47 Å². The van der Waals surface area contributed by atoms with Gasteiger partial charge < -0.3 is 14.8 Å². The number of amides is 1. The van der Waals surface area contributed by atoms with Crippen molar-refractivity contribution >= 4 is 21.6 Å². The number of fused-ring (bicyclic) bond motifs is 1. The molecule has 9 heteroatoms. The molecule has 29 heavy (non-hydrogen) atoms. The lowest BCUT2D eigenvalue weighted by atomic mass is 10.2. The van der Waals surface area contributed by atoms with E-state index in [0.717, 1.165) is 10.6 Å². The summed E-state index contributed by atoms with van der Waals surface area (Å²) < 4.78 is 50.4. The summed E-state index contributed by atoms with van der Waals surface area (Å²) in [6.45, 7) is 0.603. The summed E-state index contributed by atoms with van der Waals surface area (Å²) in [6.07, 6.45) is 1.06. The second-order valence-corrected chi connectivity index (χ2v) is 8.60. The molecule has 0 unspecified atom stereocenters. The molecule has 0 saturated carbocycles. The zero-order valence-corrected chi connectivity index (χ0v) is 16.8. The topological polar surface area (TPSA) is 84.9 Å². The molecule has 1 N–H and O–H groups in total. The van der Waals surface area contributed by atoms with Crippen LogP contribution in [-0.2, 0) is 14.8 Å². The molecule has 0 spiro atoms. The minimum atomic E-state index is -3.67. The lowest BCUT2D eigenvalue weighted by Crippen LogP contribution is -2.41. The fourth-order valence-electron chi connectivity index (χ4n) is 2.98. The highest BCUT2D eigenvalue weighted by molar-refractivity contribution is 7.92. The third kappa shape index (κ3) is 5.60. The average molecular weight is 422 g/mol. The first-order valence-electron chi connectivity index (χ1n) is 9.22. The van der Waals surface area contributed by atoms with E-state index in [0.29, 0.717) is 18.1 Å². The van der Waals surface area contributed by atoms with E-state index < -0.39 is 15.8 Å². The number of ether oxygens (including phenoxy) is 2. The number of carbonyl (C=O) groups is 1. The van der Waals surface area contributed by atoms with Crippen LogP contribution in [0.15, 0.2) is 48.5 Å². The first kappa shape index (κ1) is 20.9. The molecule has 0 saturated heterocycles. The Labute approximate surface area is 169 Å². The average Bonchev–Trinajstić information content (AvgIpc) is 2.69. The summed E-state index contributed by atoms with van der Waals surface area (Å²) in [4.78, 5) is 12.1. The van der Waals surface area contributed by atoms with Gasteiger partial charge in [0.25, 0.3) is 0 Å². The summed E-state index contributed by atoms with van der Waals surface area (Å²) in [5.74, 6) is 0.433. The zero-order chi connectivity index (χ0) is 20.9. The second-order valence-electron chi connectivity index (χ2n) is 6.69. The molecule has 0 fully saturated rings. The Morgan fingerprint density at radius 2 is 1.86 bits per heavy atom. The predicted molar refractivity (Wildman–Crippen MR) is 107 cm³/mol. The largest absolute Gasteiger partial charge is 0.486 e. The molecule has 1 aliphatic rings. The molecule has 2 aromatic carbocycles. The van der Waals surface area contributed by atoms with Crippen LogP contribution >= 0.6 is 0 Å². The van der Waals surface area contributed by atoms with Gasteiger partial charge in [-0.25, -0.2) is 12.8 Å². The first-order chi connectivity index (χ1) is 13.8. The van der Waals surface area contributed by atoms with Gasteiger partial charge in [-0.1, -0.05) is 24.3 Å². The minimum Gasteiger partial charge on any atom is -0.486 e. The minimum absolute atomic E-state index is 0.00357. The number of nitrogens with one attached hydrogen (secondary N) is 1. The summed E-state index contributed by atoms with van der Waals surface area (Å²) >= 11 is 0. The smallest absolute Gasteiger partial charge is 0.232 e. The van der Waals surface area contributed by atoms with Crippen LogP contribution < -0.4 is 19.1 Å². The molecular weight excluding hydrogens is 399 g/mol. The van der Waals surface area contributed by atoms with Gasteiger partial charge in [0.15, 0.2) is 11.5 Å². The van der Waals surface area contributed by atoms with E-state index in [9.17, 15) is 17.6 Å². The van der Waals surface area contributed by atoms with Gasteiger partial charge in [0, 0.05) is 13.0 Å². The molecule has 1 atom stereocenters. The number of sulfonamides is 1. The number of halogens is 1. The number of anilines is 1. The van der Waals surface area contributed by atoms with E-state index in [1.54, 1.807) is 12.1 Å². The van der Waals surface area contributed by atoms with Gasteiger partial charge in [-0.05, 0) is 30.7 Å². The molecule has 1 heterocycles. The number of hydrogen-bond donors (Lipinski definition) is 1. The Morgan fingerprint density at radius 1 is 1.17 bits per heavy atom. The highest BCUT2D eigenvalue weighted by Crippen LogP contribution is 2.30. The van der Waals surface area contributed by atoms with Crippen LogP contribution in [0.25, 0.3) is 0 Å². The van der Waals surface area contributed by atoms with Crippen molar-refractivity contribution in [2.45, 2.75) is 18.9 Å². The summed E-state index contributed by atoms with van der Waals surface area (Å²) in [7, 11) is -3.67. The van der Waals surface area contributed by atoms with Crippen LogP contribution in [0.3, 0.4) is 0 Å². The summed E-state index contributed by atoms with van der Waals surface area (Å²) in [5, 5.41) is 2.76. The van der Waals surface area contributed by atoms with Crippen molar-refractivity contribution < 1.29 is 27.1 Å². The van der Waals surface area contributed by atoms with Crippen LogP contribution in [0.1, 0.15) is 12.8 Å². The van der Waals surface area contributed by atoms with E-state index in [1.807, 2.05) is 18.2 Å². The maximum atomic E-state index is 14.0. The number of rotatable bonds is 8. The van der Waals surface area contributed by atoms with E-state index in [1.165, 1.54) is 18.2 Å². The molecular formula is C20H23FN2O5S. The molecule has 156 valence electrons. The maximum Gasteiger partial charge on any atom is 0.232 e. The Kier molecular flexibility index (Phi) is 6.58. The number of benzene rings is 2. The van der Waals surface area contributed by atoms with E-state index in [2.05, 4.69) is 5.32 Å². The Hall–Kier alpha value is -2.81. The zero-order valence-electron chi connectivity index (χ0n) is 16.0. The molecule has 0 bridgehead atoms. The third-order valence-corrected chi connectivity index (χ3v) is 5.56. The lowest BCUT2D eigenvalue weighted by Gasteiger charge is -2.26. The van der Waals surface area contributed by atoms with Gasteiger partial charge in [0.05, 0.1) is 18.5 Å². The molecule has 0 aliphatic carbocycles. The van der Waals surface area contributed by atoms with Gasteiger partial charge in [0.2, 0.25) is 15.9 Å². The van der Waals surface area contributed by atoms with Crippen molar-refractivity contribution in [2.24, 2.45) is 0 Å². The molecule has 0 radical (unpaired) electrons. The maximum absolute atomic E-state index is 14.0. The first-order valence-corrected chi connectivity index (χ1v) is 11.1. The van der Waals surface area contributed by atoms with E-state index in [-0.39, 0.29) is 43.6 Å². The monoisotopic (exact) mass is 422 g/mol. The predicted octanol–water partition coefficient (Wildman–Crippen LogP) is 2.33. The molecule has 7 nitrogen and oxygen atoms in total. The molecule has 0 aromatic heterocycles. The van der Waals surface area contributed by atoms with Crippen molar-refractivity contribution in [3.63, 3.8) is 0 Å². The van der Waals surface area contributed by atoms with Crippen molar-refractivity contribution in [2.75, 3.05) is 30.3 Å². The van der Waals surface area contributed by atoms with Crippen LogP contribution in [0.4, 0.5) is 10.1 Å². The number of hydrogen-bond acceptors (Lipinski definition) is 5. The van der Waals surface area contributed by atoms with Gasteiger partial charge in [0.1, 0.15) is 18.5 Å². The summed E-state index contributed by atoms with van der Waals surface area (Å²) in [6, 6.07) is 13.0. The molecule has 3 rings (SSSR count). The van der Waals surface area contributed by atoms with Gasteiger partial charge in [-0.15, -0.1) is 0 Å². The number of para-hydroxylation sites is 3. The Bertz CT molecular complexity index is 967. The Morgan fingerprint density at radius 3 is 2.59 bits per heavy atom. The summed E-state index contributed by atoms with van der Waals surface area (Å²) in [5.41, 5.74) is -0.0261. The lowest BCUT2D eigenvalue weighted by molar-refractivity contribution is -0.121. The van der Waals surface area contributed by atoms with Crippen molar-refractivity contribution in [3.8, 4) is 11.5 Å². The fourth-order valence-corrected chi connectivity index (χ4v) is 3.95. The van der Waals surface area contributed by atoms with Crippen molar-refractivity contribution in [1.82, 2.24) is 5.32 Å². The van der Waals surface area contributed by atoms with E-state index >= 15 is 0 Å². The normalized spacial score (nSPS) is 15.6. The van der Waals surface area contributed by atoms with Gasteiger partial charge in [-0.3, -0.25) is 9.10 Å².